The molecule has 0 amide bonds. The number of hydrogen-bond acceptors (Lipinski definition) is 6. The fraction of sp³-hybridized carbons (Fsp3) is 0.154. The molecule has 104 valence electrons. The van der Waals surface area contributed by atoms with E-state index in [1.807, 2.05) is 0 Å². The molecule has 20 heavy (non-hydrogen) atoms. The Hall–Kier alpha value is -2.83. The lowest BCUT2D eigenvalue weighted by molar-refractivity contribution is 0.0694. The summed E-state index contributed by atoms with van der Waals surface area (Å²) in [5.41, 5.74) is 0.0193. The van der Waals surface area contributed by atoms with E-state index < -0.39 is 5.97 Å². The van der Waals surface area contributed by atoms with Crippen LogP contribution in [0.4, 0.5) is 0 Å². The molecule has 2 rings (SSSR count). The number of carboxylic acid groups (broad SMARTS) is 1. The molecular formula is C13H12N2O5. The molecule has 0 spiro atoms. The highest BCUT2D eigenvalue weighted by atomic mass is 16.5. The van der Waals surface area contributed by atoms with Crippen LogP contribution in [-0.4, -0.2) is 35.3 Å². The lowest BCUT2D eigenvalue weighted by Crippen LogP contribution is -2.02. The van der Waals surface area contributed by atoms with Crippen molar-refractivity contribution in [3.05, 3.63) is 36.0 Å². The molecule has 1 aromatic carbocycles. The van der Waals surface area contributed by atoms with E-state index in [-0.39, 0.29) is 23.2 Å². The molecule has 0 unspecified atom stereocenters. The predicted molar refractivity (Wildman–Crippen MR) is 68.6 cm³/mol. The maximum atomic E-state index is 11.1. The molecule has 1 heterocycles. The predicted octanol–water partition coefficient (Wildman–Crippen LogP) is 1.98. The van der Waals surface area contributed by atoms with Crippen LogP contribution in [0.2, 0.25) is 0 Å². The Kier molecular flexibility index (Phi) is 3.99. The topological polar surface area (TPSA) is 90.8 Å². The highest BCUT2D eigenvalue weighted by Gasteiger charge is 2.14. The first-order valence-corrected chi connectivity index (χ1v) is 5.61. The van der Waals surface area contributed by atoms with Crippen LogP contribution in [-0.2, 0) is 0 Å². The van der Waals surface area contributed by atoms with Crippen molar-refractivity contribution in [1.82, 2.24) is 9.97 Å². The lowest BCUT2D eigenvalue weighted by atomic mass is 10.2. The zero-order chi connectivity index (χ0) is 14.5. The van der Waals surface area contributed by atoms with Gasteiger partial charge in [-0.2, -0.15) is 9.97 Å². The number of carbonyl (C=O) groups is 1. The number of carboxylic acids is 1. The number of aromatic carboxylic acids is 1. The third-order valence-corrected chi connectivity index (χ3v) is 2.43. The number of nitrogens with zero attached hydrogens (tertiary/aromatic N) is 2. The van der Waals surface area contributed by atoms with E-state index in [0.717, 1.165) is 0 Å². The van der Waals surface area contributed by atoms with E-state index in [2.05, 4.69) is 9.97 Å². The van der Waals surface area contributed by atoms with E-state index in [9.17, 15) is 4.79 Å². The zero-order valence-electron chi connectivity index (χ0n) is 10.9. The molecule has 0 bridgehead atoms. The molecule has 1 aromatic heterocycles. The second-order valence-electron chi connectivity index (χ2n) is 3.63. The summed E-state index contributed by atoms with van der Waals surface area (Å²) in [5.74, 6) is -0.398. The number of ether oxygens (including phenoxy) is 3. The summed E-state index contributed by atoms with van der Waals surface area (Å²) in [6, 6.07) is 6.17. The smallest absolute Gasteiger partial charge is 0.339 e. The first-order valence-electron chi connectivity index (χ1n) is 5.61. The van der Waals surface area contributed by atoms with Crippen LogP contribution < -0.4 is 14.2 Å². The minimum atomic E-state index is -1.10. The van der Waals surface area contributed by atoms with Crippen molar-refractivity contribution in [2.75, 3.05) is 14.2 Å². The van der Waals surface area contributed by atoms with Gasteiger partial charge in [-0.25, -0.2) is 4.79 Å². The highest BCUT2D eigenvalue weighted by molar-refractivity contribution is 5.90. The van der Waals surface area contributed by atoms with Gasteiger partial charge in [0.15, 0.2) is 5.75 Å². The Balaban J connectivity index is 2.33. The second-order valence-corrected chi connectivity index (χ2v) is 3.63. The van der Waals surface area contributed by atoms with Gasteiger partial charge < -0.3 is 19.3 Å². The summed E-state index contributed by atoms with van der Waals surface area (Å²) in [6.07, 6.45) is 1.38. The van der Waals surface area contributed by atoms with Gasteiger partial charge in [-0.1, -0.05) is 12.1 Å². The summed E-state index contributed by atoms with van der Waals surface area (Å²) >= 11 is 0. The monoisotopic (exact) mass is 276 g/mol. The average Bonchev–Trinajstić information content (AvgIpc) is 2.47. The maximum Gasteiger partial charge on any atom is 0.339 e. The van der Waals surface area contributed by atoms with Crippen molar-refractivity contribution in [2.24, 2.45) is 0 Å². The van der Waals surface area contributed by atoms with Crippen LogP contribution in [0.5, 0.6) is 23.4 Å². The number of hydrogen-bond donors (Lipinski definition) is 1. The molecule has 2 aromatic rings. The summed E-state index contributed by atoms with van der Waals surface area (Å²) in [7, 11) is 2.89. The summed E-state index contributed by atoms with van der Waals surface area (Å²) in [4.78, 5) is 19.0. The van der Waals surface area contributed by atoms with Crippen molar-refractivity contribution >= 4 is 5.97 Å². The van der Waals surface area contributed by atoms with Crippen molar-refractivity contribution < 1.29 is 24.1 Å². The minimum Gasteiger partial charge on any atom is -0.490 e. The molecule has 0 aliphatic rings. The van der Waals surface area contributed by atoms with Crippen molar-refractivity contribution in [3.8, 4) is 23.4 Å². The molecule has 0 aliphatic heterocycles. The van der Waals surface area contributed by atoms with E-state index in [4.69, 9.17) is 19.3 Å². The second kappa shape index (κ2) is 5.87. The quantitative estimate of drug-likeness (QED) is 0.892. The minimum absolute atomic E-state index is 0.0193. The first kappa shape index (κ1) is 13.6. The zero-order valence-corrected chi connectivity index (χ0v) is 10.9. The van der Waals surface area contributed by atoms with Gasteiger partial charge in [0.25, 0.3) is 5.88 Å². The Morgan fingerprint density at radius 2 is 1.90 bits per heavy atom. The molecule has 0 radical (unpaired) electrons. The van der Waals surface area contributed by atoms with Gasteiger partial charge in [-0.15, -0.1) is 0 Å². The summed E-state index contributed by atoms with van der Waals surface area (Å²) in [6.45, 7) is 0. The van der Waals surface area contributed by atoms with Gasteiger partial charge in [0.1, 0.15) is 11.3 Å². The summed E-state index contributed by atoms with van der Waals surface area (Å²) in [5, 5.41) is 9.06. The third-order valence-electron chi connectivity index (χ3n) is 2.43. The van der Waals surface area contributed by atoms with E-state index in [1.165, 1.54) is 32.5 Å². The average molecular weight is 276 g/mol. The standard InChI is InChI=1S/C13H12N2O5/c1-18-10-7-14-13(15-11(10)19-2)20-9-6-4-3-5-8(9)12(16)17/h3-7H,1-2H3,(H,16,17). The molecule has 0 aliphatic carbocycles. The molecule has 0 fully saturated rings. The maximum absolute atomic E-state index is 11.1. The molecular weight excluding hydrogens is 264 g/mol. The number of methoxy groups -OCH3 is 2. The van der Waals surface area contributed by atoms with Gasteiger partial charge in [0, 0.05) is 0 Å². The molecule has 1 N–H and O–H groups in total. The van der Waals surface area contributed by atoms with Gasteiger partial charge in [-0.05, 0) is 12.1 Å². The van der Waals surface area contributed by atoms with Crippen molar-refractivity contribution in [2.45, 2.75) is 0 Å². The molecule has 0 saturated heterocycles. The van der Waals surface area contributed by atoms with Gasteiger partial charge in [0.2, 0.25) is 0 Å². The molecule has 7 heteroatoms. The van der Waals surface area contributed by atoms with Crippen LogP contribution >= 0.6 is 0 Å². The highest BCUT2D eigenvalue weighted by Crippen LogP contribution is 2.28. The number of rotatable bonds is 5. The fourth-order valence-corrected chi connectivity index (χ4v) is 1.51. The van der Waals surface area contributed by atoms with Crippen LogP contribution in [0, 0.1) is 0 Å². The largest absolute Gasteiger partial charge is 0.490 e. The van der Waals surface area contributed by atoms with Crippen LogP contribution in [0.1, 0.15) is 10.4 Å². The molecule has 0 atom stereocenters. The van der Waals surface area contributed by atoms with E-state index in [1.54, 1.807) is 12.1 Å². The molecule has 7 nitrogen and oxygen atoms in total. The SMILES string of the molecule is COc1cnc(Oc2ccccc2C(=O)O)nc1OC. The first-order chi connectivity index (χ1) is 9.65. The number of para-hydroxylation sites is 1. The van der Waals surface area contributed by atoms with Crippen LogP contribution in [0.15, 0.2) is 30.5 Å². The lowest BCUT2D eigenvalue weighted by Gasteiger charge is -2.09. The number of benzene rings is 1. The summed E-state index contributed by atoms with van der Waals surface area (Å²) < 4.78 is 15.4. The fourth-order valence-electron chi connectivity index (χ4n) is 1.51. The Labute approximate surface area is 114 Å². The molecule has 0 saturated carbocycles. The Morgan fingerprint density at radius 1 is 1.15 bits per heavy atom. The van der Waals surface area contributed by atoms with Gasteiger partial charge >= 0.3 is 12.0 Å². The van der Waals surface area contributed by atoms with E-state index >= 15 is 0 Å². The third kappa shape index (κ3) is 2.77. The van der Waals surface area contributed by atoms with Crippen LogP contribution in [0.3, 0.4) is 0 Å². The van der Waals surface area contributed by atoms with Crippen LogP contribution in [0.25, 0.3) is 0 Å². The Morgan fingerprint density at radius 3 is 2.55 bits per heavy atom. The van der Waals surface area contributed by atoms with Gasteiger partial charge in [0.05, 0.1) is 20.4 Å². The van der Waals surface area contributed by atoms with Crippen molar-refractivity contribution in [1.29, 1.82) is 0 Å². The van der Waals surface area contributed by atoms with Gasteiger partial charge in [-0.3, -0.25) is 0 Å². The van der Waals surface area contributed by atoms with Crippen molar-refractivity contribution in [3.63, 3.8) is 0 Å². The normalized spacial score (nSPS) is 9.90. The number of aromatic nitrogens is 2. The Bertz CT molecular complexity index is 630. The van der Waals surface area contributed by atoms with E-state index in [0.29, 0.717) is 5.75 Å².